The van der Waals surface area contributed by atoms with E-state index in [1.54, 1.807) is 6.08 Å². The molecule has 1 fully saturated rings. The third kappa shape index (κ3) is 27.9. The molecule has 0 aromatic carbocycles. The van der Waals surface area contributed by atoms with Gasteiger partial charge in [0, 0.05) is 12.8 Å². The topological polar surface area (TPSA) is 230 Å². The smallest absolute Gasteiger partial charge is 0.462 e. The van der Waals surface area contributed by atoms with Crippen molar-refractivity contribution in [3.8, 4) is 0 Å². The summed E-state index contributed by atoms with van der Waals surface area (Å²) in [5.41, 5.74) is 0. The number of unbranched alkanes of at least 4 members (excludes halogenated alkanes) is 18. The van der Waals surface area contributed by atoms with Gasteiger partial charge in [0.2, 0.25) is 0 Å². The number of rotatable bonds is 37. The summed E-state index contributed by atoms with van der Waals surface area (Å²) in [7, 11) is -5.14. The third-order valence-electron chi connectivity index (χ3n) is 10.6. The summed E-state index contributed by atoms with van der Waals surface area (Å²) in [5.74, 6) is -1.17. The lowest BCUT2D eigenvalue weighted by molar-refractivity contribution is -0.220. The maximum absolute atomic E-state index is 12.8. The average molecular weight is 877 g/mol. The molecule has 350 valence electrons. The number of aliphatic hydroxyl groups is 6. The summed E-state index contributed by atoms with van der Waals surface area (Å²) < 4.78 is 33.4. The molecular formula is C45H81O14P. The number of phosphoric ester groups is 1. The van der Waals surface area contributed by atoms with E-state index in [0.717, 1.165) is 57.8 Å². The molecule has 0 bridgehead atoms. The van der Waals surface area contributed by atoms with Crippen LogP contribution in [0.15, 0.2) is 36.5 Å². The summed E-state index contributed by atoms with van der Waals surface area (Å²) in [5, 5.41) is 60.3. The van der Waals surface area contributed by atoms with E-state index in [0.29, 0.717) is 19.3 Å². The number of hydrogen-bond donors (Lipinski definition) is 7. The second-order valence-corrected chi connectivity index (χ2v) is 17.5. The molecular weight excluding hydrogens is 795 g/mol. The van der Waals surface area contributed by atoms with Crippen LogP contribution < -0.4 is 0 Å². The van der Waals surface area contributed by atoms with Crippen LogP contribution in [-0.2, 0) is 32.7 Å². The zero-order chi connectivity index (χ0) is 44.4. The van der Waals surface area contributed by atoms with E-state index in [1.807, 2.05) is 18.2 Å². The molecule has 1 rings (SSSR count). The second kappa shape index (κ2) is 35.5. The van der Waals surface area contributed by atoms with Crippen molar-refractivity contribution in [1.29, 1.82) is 0 Å². The Kier molecular flexibility index (Phi) is 33.1. The minimum absolute atomic E-state index is 0.0283. The van der Waals surface area contributed by atoms with Crippen LogP contribution in [-0.4, -0.2) is 110 Å². The molecule has 14 nitrogen and oxygen atoms in total. The van der Waals surface area contributed by atoms with E-state index in [1.165, 1.54) is 70.6 Å². The van der Waals surface area contributed by atoms with Gasteiger partial charge in [0.1, 0.15) is 43.2 Å². The summed E-state index contributed by atoms with van der Waals surface area (Å²) in [4.78, 5) is 35.7. The molecule has 0 radical (unpaired) electrons. The Bertz CT molecular complexity index is 1210. The molecule has 7 N–H and O–H groups in total. The predicted octanol–water partition coefficient (Wildman–Crippen LogP) is 7.58. The maximum Gasteiger partial charge on any atom is 0.472 e. The van der Waals surface area contributed by atoms with Gasteiger partial charge in [-0.1, -0.05) is 166 Å². The quantitative estimate of drug-likeness (QED) is 0.0105. The first kappa shape index (κ1) is 56.0. The first-order valence-corrected chi connectivity index (χ1v) is 24.4. The van der Waals surface area contributed by atoms with E-state index < -0.39 is 81.8 Å². The molecule has 0 aliphatic heterocycles. The first-order valence-electron chi connectivity index (χ1n) is 22.9. The van der Waals surface area contributed by atoms with E-state index >= 15 is 0 Å². The van der Waals surface area contributed by atoms with Gasteiger partial charge in [-0.3, -0.25) is 18.6 Å². The van der Waals surface area contributed by atoms with Crippen molar-refractivity contribution in [3.63, 3.8) is 0 Å². The number of allylic oxidation sites excluding steroid dienone is 5. The summed E-state index contributed by atoms with van der Waals surface area (Å²) in [6.07, 6.45) is 22.1. The van der Waals surface area contributed by atoms with Gasteiger partial charge in [-0.2, -0.15) is 0 Å². The van der Waals surface area contributed by atoms with Crippen molar-refractivity contribution >= 4 is 19.8 Å². The number of ether oxygens (including phenoxy) is 2. The Morgan fingerprint density at radius 1 is 0.600 bits per heavy atom. The minimum Gasteiger partial charge on any atom is -0.462 e. The maximum atomic E-state index is 12.8. The van der Waals surface area contributed by atoms with Gasteiger partial charge in [0.25, 0.3) is 0 Å². The molecule has 0 saturated heterocycles. The summed E-state index contributed by atoms with van der Waals surface area (Å²) in [6.45, 7) is 3.09. The van der Waals surface area contributed by atoms with Gasteiger partial charge < -0.3 is 45.0 Å². The van der Waals surface area contributed by atoms with Gasteiger partial charge in [-0.25, -0.2) is 4.57 Å². The highest BCUT2D eigenvalue weighted by atomic mass is 31.2. The fraction of sp³-hybridized carbons (Fsp3) is 0.822. The molecule has 4 unspecified atom stereocenters. The summed E-state index contributed by atoms with van der Waals surface area (Å²) in [6, 6.07) is 0. The Morgan fingerprint density at radius 3 is 1.62 bits per heavy atom. The number of hydrogen-bond acceptors (Lipinski definition) is 13. The molecule has 0 amide bonds. The van der Waals surface area contributed by atoms with Crippen LogP contribution >= 0.6 is 7.82 Å². The highest BCUT2D eigenvalue weighted by Gasteiger charge is 2.51. The van der Waals surface area contributed by atoms with Gasteiger partial charge in [-0.15, -0.1) is 0 Å². The van der Waals surface area contributed by atoms with Crippen molar-refractivity contribution < 1.29 is 68.2 Å². The van der Waals surface area contributed by atoms with E-state index in [-0.39, 0.29) is 12.8 Å². The number of carbonyl (C=O) groups excluding carboxylic acids is 2. The van der Waals surface area contributed by atoms with Crippen LogP contribution in [0.25, 0.3) is 0 Å². The molecule has 0 aromatic heterocycles. The van der Waals surface area contributed by atoms with Gasteiger partial charge in [-0.05, 0) is 32.1 Å². The molecule has 1 aliphatic carbocycles. The van der Waals surface area contributed by atoms with E-state index in [2.05, 4.69) is 26.0 Å². The largest absolute Gasteiger partial charge is 0.472 e. The Hall–Kier alpha value is -1.97. The third-order valence-corrected chi connectivity index (χ3v) is 11.6. The van der Waals surface area contributed by atoms with Crippen molar-refractivity contribution in [2.24, 2.45) is 0 Å². The van der Waals surface area contributed by atoms with Crippen molar-refractivity contribution in [2.75, 3.05) is 13.2 Å². The van der Waals surface area contributed by atoms with Crippen molar-refractivity contribution in [3.05, 3.63) is 36.5 Å². The van der Waals surface area contributed by atoms with Gasteiger partial charge >= 0.3 is 19.8 Å². The highest BCUT2D eigenvalue weighted by molar-refractivity contribution is 7.47. The standard InChI is InChI=1S/C45H81O14P/c1-3-5-7-9-11-12-13-14-15-16-17-18-20-24-28-32-38(47)56-34-37(35-57-60(54,55)59-45-43(52)41(50)40(49)42(51)44(45)53)58-39(48)33-29-25-21-23-27-31-36(46)30-26-22-19-10-8-6-4-2/h6,8,19,22,26,30,36-37,40-46,49-53H,3-5,7,9-18,20-21,23-25,27-29,31-35H2,1-2H3,(H,54,55)/b8-6+,22-19+,30-26+/t36?,37-,40?,41-,42+,43-,44-,45?/m1/s1. The minimum atomic E-state index is -5.14. The molecule has 0 aromatic rings. The zero-order valence-corrected chi connectivity index (χ0v) is 37.5. The lowest BCUT2D eigenvalue weighted by Gasteiger charge is -2.41. The van der Waals surface area contributed by atoms with E-state index in [9.17, 15) is 49.7 Å². The molecule has 1 aliphatic rings. The van der Waals surface area contributed by atoms with Crippen LogP contribution in [0.3, 0.4) is 0 Å². The van der Waals surface area contributed by atoms with Crippen LogP contribution in [0.4, 0.5) is 0 Å². The van der Waals surface area contributed by atoms with Crippen LogP contribution in [0.1, 0.15) is 174 Å². The predicted molar refractivity (Wildman–Crippen MR) is 232 cm³/mol. The van der Waals surface area contributed by atoms with Crippen molar-refractivity contribution in [2.45, 2.75) is 223 Å². The fourth-order valence-electron chi connectivity index (χ4n) is 6.88. The lowest BCUT2D eigenvalue weighted by Crippen LogP contribution is -2.64. The molecule has 60 heavy (non-hydrogen) atoms. The molecule has 0 heterocycles. The normalized spacial score (nSPS) is 23.0. The second-order valence-electron chi connectivity index (χ2n) is 16.1. The number of esters is 2. The molecule has 15 heteroatoms. The average Bonchev–Trinajstić information content (AvgIpc) is 3.22. The monoisotopic (exact) mass is 877 g/mol. The molecule has 1 saturated carbocycles. The van der Waals surface area contributed by atoms with Crippen molar-refractivity contribution in [1.82, 2.24) is 0 Å². The Morgan fingerprint density at radius 2 is 1.08 bits per heavy atom. The molecule has 9 atom stereocenters. The first-order chi connectivity index (χ1) is 28.8. The van der Waals surface area contributed by atoms with Crippen LogP contribution in [0.5, 0.6) is 0 Å². The SMILES string of the molecule is CC/C=C/C/C=C/C=C/C(O)CCCCCCCC(=O)O[C@H](COC(=O)CCCCCCCCCCCCCCCCC)COP(=O)(O)OC1[C@H](O)[C@H](O)C(O)[C@H](O)[C@H]1O. The number of carbonyl (C=O) groups is 2. The number of aliphatic hydroxyl groups excluding tert-OH is 6. The zero-order valence-electron chi connectivity index (χ0n) is 36.6. The lowest BCUT2D eigenvalue weighted by atomic mass is 9.85. The van der Waals surface area contributed by atoms with E-state index in [4.69, 9.17) is 18.5 Å². The van der Waals surface area contributed by atoms with Gasteiger partial charge in [0.15, 0.2) is 6.10 Å². The van der Waals surface area contributed by atoms with Crippen LogP contribution in [0, 0.1) is 0 Å². The Balaban J connectivity index is 2.50. The van der Waals surface area contributed by atoms with Crippen LogP contribution in [0.2, 0.25) is 0 Å². The molecule has 0 spiro atoms. The highest BCUT2D eigenvalue weighted by Crippen LogP contribution is 2.47. The Labute approximate surface area is 360 Å². The fourth-order valence-corrected chi connectivity index (χ4v) is 7.86. The number of phosphoric acid groups is 1. The summed E-state index contributed by atoms with van der Waals surface area (Å²) >= 11 is 0. The van der Waals surface area contributed by atoms with Gasteiger partial charge in [0.05, 0.1) is 12.7 Å².